The van der Waals surface area contributed by atoms with Crippen LogP contribution in [-0.2, 0) is 22.3 Å². The van der Waals surface area contributed by atoms with Gasteiger partial charge < -0.3 is 5.32 Å². The second-order valence-corrected chi connectivity index (χ2v) is 7.27. The summed E-state index contributed by atoms with van der Waals surface area (Å²) in [6.45, 7) is 2.29. The highest BCUT2D eigenvalue weighted by atomic mass is 32.2. The van der Waals surface area contributed by atoms with Crippen LogP contribution in [0.25, 0.3) is 0 Å². The van der Waals surface area contributed by atoms with Gasteiger partial charge in [-0.1, -0.05) is 24.3 Å². The maximum absolute atomic E-state index is 12.0. The lowest BCUT2D eigenvalue weighted by molar-refractivity contribution is 0.0954. The lowest BCUT2D eigenvalue weighted by Crippen LogP contribution is -2.22. The van der Waals surface area contributed by atoms with Crippen molar-refractivity contribution in [3.8, 4) is 0 Å². The number of rotatable bonds is 5. The third kappa shape index (κ3) is 4.66. The van der Waals surface area contributed by atoms with Gasteiger partial charge in [0.25, 0.3) is 5.91 Å². The van der Waals surface area contributed by atoms with Crippen LogP contribution < -0.4 is 10.5 Å². The van der Waals surface area contributed by atoms with Crippen LogP contribution in [0.4, 0.5) is 0 Å². The molecular formula is C14H16N2O3S2. The number of primary sulfonamides is 1. The first-order chi connectivity index (χ1) is 9.85. The van der Waals surface area contributed by atoms with E-state index in [-0.39, 0.29) is 11.7 Å². The lowest BCUT2D eigenvalue weighted by Gasteiger charge is -2.06. The van der Waals surface area contributed by atoms with E-state index >= 15 is 0 Å². The Hall–Kier alpha value is -1.70. The average molecular weight is 324 g/mol. The van der Waals surface area contributed by atoms with E-state index in [9.17, 15) is 13.2 Å². The zero-order valence-corrected chi connectivity index (χ0v) is 13.1. The fourth-order valence-electron chi connectivity index (χ4n) is 1.85. The summed E-state index contributed by atoms with van der Waals surface area (Å²) in [6.07, 6.45) is 0. The molecule has 0 aliphatic rings. The van der Waals surface area contributed by atoms with Crippen LogP contribution in [0.2, 0.25) is 0 Å². The van der Waals surface area contributed by atoms with Crippen molar-refractivity contribution in [2.24, 2.45) is 5.14 Å². The maximum Gasteiger partial charge on any atom is 0.261 e. The zero-order valence-electron chi connectivity index (χ0n) is 11.5. The van der Waals surface area contributed by atoms with Gasteiger partial charge in [0, 0.05) is 6.54 Å². The summed E-state index contributed by atoms with van der Waals surface area (Å²) in [5.74, 6) is -0.287. The Labute approximate surface area is 127 Å². The molecule has 3 N–H and O–H groups in total. The number of carbonyl (C=O) groups is 1. The summed E-state index contributed by atoms with van der Waals surface area (Å²) in [7, 11) is -3.52. The molecule has 5 nitrogen and oxygen atoms in total. The zero-order chi connectivity index (χ0) is 15.5. The standard InChI is InChI=1S/C14H16N2O3S2/c1-10-6-7-20-13(10)14(17)16-8-11-2-4-12(5-3-11)9-21(15,18)19/h2-7H,8-9H2,1H3,(H,16,17)(H2,15,18,19). The predicted octanol–water partition coefficient (Wildman–Crippen LogP) is 1.78. The molecule has 1 aromatic carbocycles. The van der Waals surface area contributed by atoms with Crippen molar-refractivity contribution in [3.05, 3.63) is 57.3 Å². The molecule has 0 fully saturated rings. The molecule has 0 unspecified atom stereocenters. The highest BCUT2D eigenvalue weighted by Crippen LogP contribution is 2.15. The van der Waals surface area contributed by atoms with Crippen molar-refractivity contribution >= 4 is 27.3 Å². The minimum atomic E-state index is -3.52. The molecule has 0 radical (unpaired) electrons. The average Bonchev–Trinajstić information content (AvgIpc) is 2.82. The van der Waals surface area contributed by atoms with Gasteiger partial charge in [-0.25, -0.2) is 13.6 Å². The van der Waals surface area contributed by atoms with Gasteiger partial charge in [-0.2, -0.15) is 0 Å². The van der Waals surface area contributed by atoms with Gasteiger partial charge in [-0.3, -0.25) is 4.79 Å². The molecule has 0 aliphatic heterocycles. The molecule has 0 aliphatic carbocycles. The van der Waals surface area contributed by atoms with Gasteiger partial charge >= 0.3 is 0 Å². The highest BCUT2D eigenvalue weighted by Gasteiger charge is 2.10. The molecule has 21 heavy (non-hydrogen) atoms. The van der Waals surface area contributed by atoms with Crippen LogP contribution in [0.1, 0.15) is 26.4 Å². The second-order valence-electron chi connectivity index (χ2n) is 4.74. The number of thiophene rings is 1. The van der Waals surface area contributed by atoms with Gasteiger partial charge in [-0.05, 0) is 35.1 Å². The molecular weight excluding hydrogens is 308 g/mol. The van der Waals surface area contributed by atoms with Crippen LogP contribution in [0, 0.1) is 6.92 Å². The van der Waals surface area contributed by atoms with Crippen molar-refractivity contribution in [2.45, 2.75) is 19.2 Å². The summed E-state index contributed by atoms with van der Waals surface area (Å²) in [4.78, 5) is 12.7. The molecule has 112 valence electrons. The lowest BCUT2D eigenvalue weighted by atomic mass is 10.1. The van der Waals surface area contributed by atoms with Crippen molar-refractivity contribution in [3.63, 3.8) is 0 Å². The molecule has 0 atom stereocenters. The summed E-state index contributed by atoms with van der Waals surface area (Å²) in [5, 5.41) is 9.71. The second kappa shape index (κ2) is 6.38. The van der Waals surface area contributed by atoms with E-state index in [1.54, 1.807) is 24.3 Å². The monoisotopic (exact) mass is 324 g/mol. The van der Waals surface area contributed by atoms with E-state index in [2.05, 4.69) is 5.32 Å². The van der Waals surface area contributed by atoms with Gasteiger partial charge in [0.2, 0.25) is 10.0 Å². The number of amides is 1. The minimum Gasteiger partial charge on any atom is -0.347 e. The van der Waals surface area contributed by atoms with Crippen LogP contribution >= 0.6 is 11.3 Å². The van der Waals surface area contributed by atoms with E-state index in [0.717, 1.165) is 11.1 Å². The largest absolute Gasteiger partial charge is 0.347 e. The Morgan fingerprint density at radius 2 is 1.81 bits per heavy atom. The fraction of sp³-hybridized carbons (Fsp3) is 0.214. The van der Waals surface area contributed by atoms with Crippen molar-refractivity contribution in [1.82, 2.24) is 5.32 Å². The molecule has 0 saturated heterocycles. The number of hydrogen-bond acceptors (Lipinski definition) is 4. The Morgan fingerprint density at radius 1 is 1.19 bits per heavy atom. The molecule has 7 heteroatoms. The van der Waals surface area contributed by atoms with E-state index in [1.807, 2.05) is 18.4 Å². The third-order valence-electron chi connectivity index (χ3n) is 2.91. The van der Waals surface area contributed by atoms with Crippen LogP contribution in [-0.4, -0.2) is 14.3 Å². The smallest absolute Gasteiger partial charge is 0.261 e. The molecule has 1 aromatic heterocycles. The molecule has 2 aromatic rings. The Balaban J connectivity index is 1.95. The fourth-order valence-corrected chi connectivity index (χ4v) is 3.35. The number of benzene rings is 1. The highest BCUT2D eigenvalue weighted by molar-refractivity contribution is 7.88. The number of nitrogens with one attached hydrogen (secondary N) is 1. The molecule has 2 rings (SSSR count). The molecule has 0 spiro atoms. The van der Waals surface area contributed by atoms with Crippen LogP contribution in [0.3, 0.4) is 0 Å². The number of carbonyl (C=O) groups excluding carboxylic acids is 1. The quantitative estimate of drug-likeness (QED) is 0.878. The normalized spacial score (nSPS) is 11.3. The van der Waals surface area contributed by atoms with E-state index in [4.69, 9.17) is 5.14 Å². The van der Waals surface area contributed by atoms with Crippen molar-refractivity contribution in [2.75, 3.05) is 0 Å². The first-order valence-corrected chi connectivity index (χ1v) is 8.85. The van der Waals surface area contributed by atoms with Crippen molar-refractivity contribution < 1.29 is 13.2 Å². The van der Waals surface area contributed by atoms with Gasteiger partial charge in [0.05, 0.1) is 10.6 Å². The Bertz CT molecular complexity index is 734. The number of sulfonamides is 1. The topological polar surface area (TPSA) is 89.3 Å². The van der Waals surface area contributed by atoms with Crippen LogP contribution in [0.15, 0.2) is 35.7 Å². The SMILES string of the molecule is Cc1ccsc1C(=O)NCc1ccc(CS(N)(=O)=O)cc1. The molecule has 1 amide bonds. The van der Waals surface area contributed by atoms with Crippen LogP contribution in [0.5, 0.6) is 0 Å². The third-order valence-corrected chi connectivity index (χ3v) is 4.66. The summed E-state index contributed by atoms with van der Waals surface area (Å²) in [5.41, 5.74) is 2.48. The Kier molecular flexibility index (Phi) is 4.76. The van der Waals surface area contributed by atoms with Crippen molar-refractivity contribution in [1.29, 1.82) is 0 Å². The van der Waals surface area contributed by atoms with E-state index in [1.165, 1.54) is 11.3 Å². The maximum atomic E-state index is 12.0. The van der Waals surface area contributed by atoms with Gasteiger partial charge in [0.15, 0.2) is 0 Å². The molecule has 1 heterocycles. The van der Waals surface area contributed by atoms with Gasteiger partial charge in [0.1, 0.15) is 0 Å². The Morgan fingerprint density at radius 3 is 2.33 bits per heavy atom. The number of nitrogens with two attached hydrogens (primary N) is 1. The first-order valence-electron chi connectivity index (χ1n) is 6.26. The summed E-state index contributed by atoms with van der Waals surface area (Å²) >= 11 is 1.41. The van der Waals surface area contributed by atoms with Gasteiger partial charge in [-0.15, -0.1) is 11.3 Å². The molecule has 0 bridgehead atoms. The number of hydrogen-bond donors (Lipinski definition) is 2. The number of aryl methyl sites for hydroxylation is 1. The molecule has 0 saturated carbocycles. The minimum absolute atomic E-state index is 0.101. The first kappa shape index (κ1) is 15.7. The van der Waals surface area contributed by atoms with E-state index in [0.29, 0.717) is 17.0 Å². The summed E-state index contributed by atoms with van der Waals surface area (Å²) in [6, 6.07) is 8.86. The predicted molar refractivity (Wildman–Crippen MR) is 83.5 cm³/mol. The van der Waals surface area contributed by atoms with E-state index < -0.39 is 10.0 Å². The summed E-state index contributed by atoms with van der Waals surface area (Å²) < 4.78 is 22.0.